The predicted molar refractivity (Wildman–Crippen MR) is 77.0 cm³/mol. The van der Waals surface area contributed by atoms with Crippen molar-refractivity contribution >= 4 is 0 Å². The highest BCUT2D eigenvalue weighted by atomic mass is 16.5. The Labute approximate surface area is 114 Å². The van der Waals surface area contributed by atoms with Gasteiger partial charge in [0.1, 0.15) is 18.1 Å². The van der Waals surface area contributed by atoms with Gasteiger partial charge in [-0.3, -0.25) is 0 Å². The number of aryl methyl sites for hydroxylation is 1. The Balaban J connectivity index is 1.74. The highest BCUT2D eigenvalue weighted by molar-refractivity contribution is 5.27. The molecule has 0 aromatic heterocycles. The van der Waals surface area contributed by atoms with Crippen LogP contribution in [-0.4, -0.2) is 6.61 Å². The van der Waals surface area contributed by atoms with E-state index < -0.39 is 0 Å². The number of hydrogen-bond acceptors (Lipinski definition) is 2. The molecule has 0 aliphatic carbocycles. The van der Waals surface area contributed by atoms with Crippen molar-refractivity contribution < 1.29 is 9.47 Å². The average Bonchev–Trinajstić information content (AvgIpc) is 2.43. The van der Waals surface area contributed by atoms with Crippen molar-refractivity contribution in [1.82, 2.24) is 0 Å². The molecule has 0 amide bonds. The van der Waals surface area contributed by atoms with Crippen molar-refractivity contribution in [2.45, 2.75) is 13.5 Å². The molecule has 2 aromatic carbocycles. The smallest absolute Gasteiger partial charge is 0.127 e. The number of ether oxygens (including phenoxy) is 2. The summed E-state index contributed by atoms with van der Waals surface area (Å²) < 4.78 is 11.1. The Morgan fingerprint density at radius 3 is 2.37 bits per heavy atom. The van der Waals surface area contributed by atoms with Crippen LogP contribution in [-0.2, 0) is 11.3 Å². The molecular weight excluding hydrogens is 236 g/mol. The molecule has 0 saturated heterocycles. The van der Waals surface area contributed by atoms with Gasteiger partial charge in [-0.05, 0) is 24.6 Å². The van der Waals surface area contributed by atoms with Crippen LogP contribution >= 0.6 is 0 Å². The number of rotatable bonds is 6. The minimum Gasteiger partial charge on any atom is -0.460 e. The molecule has 0 N–H and O–H groups in total. The third kappa shape index (κ3) is 4.60. The lowest BCUT2D eigenvalue weighted by atomic mass is 10.2. The molecule has 0 unspecified atom stereocenters. The lowest BCUT2D eigenvalue weighted by Gasteiger charge is -2.09. The molecule has 0 aliphatic rings. The van der Waals surface area contributed by atoms with Gasteiger partial charge >= 0.3 is 0 Å². The molecule has 0 bridgehead atoms. The van der Waals surface area contributed by atoms with Crippen molar-refractivity contribution in [1.29, 1.82) is 0 Å². The van der Waals surface area contributed by atoms with Crippen LogP contribution in [0.2, 0.25) is 0 Å². The van der Waals surface area contributed by atoms with Gasteiger partial charge in [0.05, 0.1) is 6.61 Å². The summed E-state index contributed by atoms with van der Waals surface area (Å²) >= 11 is 0. The van der Waals surface area contributed by atoms with Crippen LogP contribution in [0.5, 0.6) is 5.75 Å². The molecule has 0 spiro atoms. The molecule has 0 saturated carbocycles. The van der Waals surface area contributed by atoms with Gasteiger partial charge in [-0.1, -0.05) is 54.6 Å². The molecule has 2 rings (SSSR count). The van der Waals surface area contributed by atoms with Crippen LogP contribution in [0.3, 0.4) is 0 Å². The van der Waals surface area contributed by atoms with E-state index >= 15 is 0 Å². The molecular formula is C17H18O2. The van der Waals surface area contributed by atoms with Crippen molar-refractivity contribution in [2.75, 3.05) is 6.61 Å². The second-order valence-corrected chi connectivity index (χ2v) is 4.43. The average molecular weight is 254 g/mol. The highest BCUT2D eigenvalue weighted by Gasteiger charge is 1.99. The van der Waals surface area contributed by atoms with E-state index in [4.69, 9.17) is 9.47 Å². The van der Waals surface area contributed by atoms with Gasteiger partial charge in [0.2, 0.25) is 0 Å². The zero-order valence-corrected chi connectivity index (χ0v) is 11.1. The van der Waals surface area contributed by atoms with Crippen molar-refractivity contribution in [3.8, 4) is 5.75 Å². The van der Waals surface area contributed by atoms with Gasteiger partial charge < -0.3 is 9.47 Å². The number of benzene rings is 2. The van der Waals surface area contributed by atoms with Gasteiger partial charge in [0.25, 0.3) is 0 Å². The van der Waals surface area contributed by atoms with Gasteiger partial charge in [-0.15, -0.1) is 0 Å². The summed E-state index contributed by atoms with van der Waals surface area (Å²) in [6, 6.07) is 17.9. The van der Waals surface area contributed by atoms with E-state index in [0.29, 0.717) is 19.0 Å². The van der Waals surface area contributed by atoms with Crippen molar-refractivity contribution in [3.63, 3.8) is 0 Å². The van der Waals surface area contributed by atoms with Crippen LogP contribution < -0.4 is 4.74 Å². The second-order valence-electron chi connectivity index (χ2n) is 4.43. The first-order valence-corrected chi connectivity index (χ1v) is 6.28. The lowest BCUT2D eigenvalue weighted by Crippen LogP contribution is -2.03. The summed E-state index contributed by atoms with van der Waals surface area (Å²) in [7, 11) is 0. The molecule has 19 heavy (non-hydrogen) atoms. The first-order valence-electron chi connectivity index (χ1n) is 6.28. The second kappa shape index (κ2) is 6.76. The van der Waals surface area contributed by atoms with Crippen LogP contribution in [0.15, 0.2) is 66.9 Å². The molecule has 2 heteroatoms. The quantitative estimate of drug-likeness (QED) is 0.722. The van der Waals surface area contributed by atoms with Gasteiger partial charge in [0, 0.05) is 0 Å². The fraction of sp³-hybridized carbons (Fsp3) is 0.176. The van der Waals surface area contributed by atoms with E-state index in [1.54, 1.807) is 0 Å². The van der Waals surface area contributed by atoms with E-state index in [2.05, 4.69) is 6.58 Å². The number of hydrogen-bond donors (Lipinski definition) is 0. The first-order chi connectivity index (χ1) is 9.24. The largest absolute Gasteiger partial charge is 0.460 e. The molecule has 0 radical (unpaired) electrons. The topological polar surface area (TPSA) is 18.5 Å². The van der Waals surface area contributed by atoms with Crippen molar-refractivity contribution in [2.24, 2.45) is 0 Å². The molecule has 98 valence electrons. The Kier molecular flexibility index (Phi) is 4.76. The Morgan fingerprint density at radius 2 is 1.68 bits per heavy atom. The highest BCUT2D eigenvalue weighted by Crippen LogP contribution is 2.14. The fourth-order valence-electron chi connectivity index (χ4n) is 1.66. The molecule has 0 fully saturated rings. The molecule has 0 heterocycles. The monoisotopic (exact) mass is 254 g/mol. The minimum atomic E-state index is 0.392. The SMILES string of the molecule is C=C(COCc1ccccc1)Oc1ccc(C)cc1. The third-order valence-electron chi connectivity index (χ3n) is 2.66. The first kappa shape index (κ1) is 13.4. The van der Waals surface area contributed by atoms with E-state index in [-0.39, 0.29) is 0 Å². The predicted octanol–water partition coefficient (Wildman–Crippen LogP) is 4.10. The van der Waals surface area contributed by atoms with Crippen LogP contribution in [0.1, 0.15) is 11.1 Å². The Hall–Kier alpha value is -2.06. The zero-order valence-electron chi connectivity index (χ0n) is 11.1. The summed E-state index contributed by atoms with van der Waals surface area (Å²) in [5.41, 5.74) is 2.35. The van der Waals surface area contributed by atoms with Crippen LogP contribution in [0.25, 0.3) is 0 Å². The summed E-state index contributed by atoms with van der Waals surface area (Å²) in [6.45, 7) is 6.86. The van der Waals surface area contributed by atoms with E-state index in [9.17, 15) is 0 Å². The molecule has 2 nitrogen and oxygen atoms in total. The summed E-state index contributed by atoms with van der Waals surface area (Å²) in [5, 5.41) is 0. The fourth-order valence-corrected chi connectivity index (χ4v) is 1.66. The summed E-state index contributed by atoms with van der Waals surface area (Å²) in [5.74, 6) is 1.40. The van der Waals surface area contributed by atoms with Crippen LogP contribution in [0, 0.1) is 6.92 Å². The van der Waals surface area contributed by atoms with E-state index in [1.807, 2.05) is 61.5 Å². The van der Waals surface area contributed by atoms with Gasteiger partial charge in [0.15, 0.2) is 0 Å². The van der Waals surface area contributed by atoms with E-state index in [1.165, 1.54) is 5.56 Å². The van der Waals surface area contributed by atoms with Crippen molar-refractivity contribution in [3.05, 3.63) is 78.1 Å². The molecule has 0 aliphatic heterocycles. The van der Waals surface area contributed by atoms with Crippen LogP contribution in [0.4, 0.5) is 0 Å². The molecule has 2 aromatic rings. The summed E-state index contributed by atoms with van der Waals surface area (Å²) in [4.78, 5) is 0. The minimum absolute atomic E-state index is 0.392. The lowest BCUT2D eigenvalue weighted by molar-refractivity contribution is 0.120. The zero-order chi connectivity index (χ0) is 13.5. The Bertz CT molecular complexity index is 515. The van der Waals surface area contributed by atoms with Gasteiger partial charge in [-0.25, -0.2) is 0 Å². The van der Waals surface area contributed by atoms with E-state index in [0.717, 1.165) is 11.3 Å². The standard InChI is InChI=1S/C17H18O2/c1-14-8-10-17(11-9-14)19-15(2)12-18-13-16-6-4-3-5-7-16/h3-11H,2,12-13H2,1H3. The maximum absolute atomic E-state index is 5.59. The normalized spacial score (nSPS) is 10.2. The summed E-state index contributed by atoms with van der Waals surface area (Å²) in [6.07, 6.45) is 0. The molecule has 0 atom stereocenters. The third-order valence-corrected chi connectivity index (χ3v) is 2.66. The van der Waals surface area contributed by atoms with Gasteiger partial charge in [-0.2, -0.15) is 0 Å². The maximum Gasteiger partial charge on any atom is 0.127 e. The Morgan fingerprint density at radius 1 is 1.00 bits per heavy atom. The maximum atomic E-state index is 5.59.